The number of amides is 1. The quantitative estimate of drug-likeness (QED) is 0.439. The van der Waals surface area contributed by atoms with Crippen molar-refractivity contribution in [3.05, 3.63) is 30.0 Å². The molecule has 1 aromatic carbocycles. The van der Waals surface area contributed by atoms with Gasteiger partial charge in [-0.2, -0.15) is 4.98 Å². The molecule has 2 aromatic rings. The van der Waals surface area contributed by atoms with Gasteiger partial charge in [-0.25, -0.2) is 4.98 Å². The Balaban J connectivity index is 1.52. The summed E-state index contributed by atoms with van der Waals surface area (Å²) in [5, 5.41) is 18.8. The molecule has 10 nitrogen and oxygen atoms in total. The van der Waals surface area contributed by atoms with Crippen LogP contribution in [0.4, 0.5) is 23.1 Å². The Bertz CT molecular complexity index is 1430. The van der Waals surface area contributed by atoms with Gasteiger partial charge in [-0.05, 0) is 98.7 Å². The third-order valence-corrected chi connectivity index (χ3v) is 11.1. The molecule has 2 fully saturated rings. The predicted octanol–water partition coefficient (Wildman–Crippen LogP) is 4.61. The molecular formula is C33H49N7O3. The summed E-state index contributed by atoms with van der Waals surface area (Å²) >= 11 is 0. The van der Waals surface area contributed by atoms with Crippen molar-refractivity contribution in [3.8, 4) is 5.75 Å². The second-order valence-electron chi connectivity index (χ2n) is 15.0. The second kappa shape index (κ2) is 10.0. The van der Waals surface area contributed by atoms with Gasteiger partial charge in [-0.1, -0.05) is 6.07 Å². The summed E-state index contributed by atoms with van der Waals surface area (Å²) in [4.78, 5) is 30.0. The normalized spacial score (nSPS) is 33.5. The summed E-state index contributed by atoms with van der Waals surface area (Å²) in [5.41, 5.74) is 0.161. The summed E-state index contributed by atoms with van der Waals surface area (Å²) in [7, 11) is 5.73. The van der Waals surface area contributed by atoms with Gasteiger partial charge < -0.3 is 25.0 Å². The minimum absolute atomic E-state index is 0.0659. The molecule has 0 spiro atoms. The molecule has 3 N–H and O–H groups in total. The fourth-order valence-electron chi connectivity index (χ4n) is 8.49. The maximum absolute atomic E-state index is 13.6. The number of carbonyl (C=O) groups excluding carboxylic acids is 1. The van der Waals surface area contributed by atoms with E-state index in [1.165, 1.54) is 0 Å². The second-order valence-corrected chi connectivity index (χ2v) is 15.0. The number of ether oxygens (including phenoxy) is 1. The molecule has 1 amide bonds. The monoisotopic (exact) mass is 591 g/mol. The van der Waals surface area contributed by atoms with E-state index in [0.717, 1.165) is 49.2 Å². The summed E-state index contributed by atoms with van der Waals surface area (Å²) < 4.78 is 5.78. The van der Waals surface area contributed by atoms with Gasteiger partial charge in [-0.3, -0.25) is 15.0 Å². The minimum atomic E-state index is -1.25. The van der Waals surface area contributed by atoms with E-state index in [4.69, 9.17) is 9.72 Å². The molecule has 4 aliphatic heterocycles. The Hall–Kier alpha value is -2.95. The zero-order valence-electron chi connectivity index (χ0n) is 27.3. The number of fused-ring (bicyclic) bond motifs is 3. The Labute approximate surface area is 256 Å². The largest absolute Gasteiger partial charge is 0.495 e. The third-order valence-electron chi connectivity index (χ3n) is 11.1. The lowest BCUT2D eigenvalue weighted by Gasteiger charge is -2.58. The Morgan fingerprint density at radius 3 is 2.53 bits per heavy atom. The topological polar surface area (TPSA) is 106 Å². The highest BCUT2D eigenvalue weighted by Crippen LogP contribution is 2.50. The van der Waals surface area contributed by atoms with Gasteiger partial charge in [-0.15, -0.1) is 0 Å². The van der Waals surface area contributed by atoms with Crippen LogP contribution >= 0.6 is 0 Å². The molecule has 5 aliphatic rings. The van der Waals surface area contributed by atoms with Gasteiger partial charge in [0.1, 0.15) is 17.2 Å². The smallest absolute Gasteiger partial charge is 0.234 e. The van der Waals surface area contributed by atoms with E-state index in [1.54, 1.807) is 18.2 Å². The molecule has 1 saturated heterocycles. The number of methoxy groups -OCH3 is 1. The minimum Gasteiger partial charge on any atom is -0.495 e. The lowest BCUT2D eigenvalue weighted by atomic mass is 9.69. The van der Waals surface area contributed by atoms with Crippen LogP contribution in [0, 0.1) is 11.3 Å². The van der Waals surface area contributed by atoms with Crippen LogP contribution in [0.2, 0.25) is 0 Å². The number of nitrogens with zero attached hydrogens (tertiary/aromatic N) is 5. The maximum Gasteiger partial charge on any atom is 0.234 e. The highest BCUT2D eigenvalue weighted by molar-refractivity contribution is 6.00. The molecular weight excluding hydrogens is 542 g/mol. The number of piperidine rings is 1. The molecule has 0 radical (unpaired) electrons. The van der Waals surface area contributed by atoms with Crippen LogP contribution in [-0.2, 0) is 10.5 Å². The lowest BCUT2D eigenvalue weighted by molar-refractivity contribution is -0.125. The first kappa shape index (κ1) is 30.1. The van der Waals surface area contributed by atoms with Crippen molar-refractivity contribution in [2.24, 2.45) is 11.3 Å². The van der Waals surface area contributed by atoms with Crippen molar-refractivity contribution in [2.75, 3.05) is 42.9 Å². The first-order valence-corrected chi connectivity index (χ1v) is 15.7. The summed E-state index contributed by atoms with van der Waals surface area (Å²) in [6.07, 6.45) is 6.73. The molecule has 1 saturated carbocycles. The third kappa shape index (κ3) is 4.95. The maximum atomic E-state index is 13.6. The van der Waals surface area contributed by atoms with Crippen molar-refractivity contribution in [1.82, 2.24) is 20.2 Å². The number of hydrogen-bond donors (Lipinski definition) is 3. The first-order valence-electron chi connectivity index (χ1n) is 15.7. The van der Waals surface area contributed by atoms with E-state index in [2.05, 4.69) is 53.2 Å². The van der Waals surface area contributed by atoms with Crippen molar-refractivity contribution in [2.45, 2.75) is 103 Å². The number of aliphatic hydroxyl groups is 1. The van der Waals surface area contributed by atoms with Crippen molar-refractivity contribution in [3.63, 3.8) is 0 Å². The molecule has 1 aromatic heterocycles. The van der Waals surface area contributed by atoms with Crippen molar-refractivity contribution >= 4 is 29.0 Å². The van der Waals surface area contributed by atoms with Crippen LogP contribution in [0.5, 0.6) is 5.75 Å². The molecule has 1 aliphatic carbocycles. The van der Waals surface area contributed by atoms with E-state index >= 15 is 0 Å². The molecule has 7 rings (SSSR count). The Morgan fingerprint density at radius 2 is 1.81 bits per heavy atom. The number of likely N-dealkylation sites (tertiary alicyclic amines) is 1. The summed E-state index contributed by atoms with van der Waals surface area (Å²) in [6, 6.07) is 6.04. The molecule has 5 unspecified atom stereocenters. The fourth-order valence-corrected chi connectivity index (χ4v) is 8.49. The van der Waals surface area contributed by atoms with Crippen LogP contribution in [0.15, 0.2) is 24.4 Å². The fraction of sp³-hybridized carbons (Fsp3) is 0.667. The van der Waals surface area contributed by atoms with Gasteiger partial charge in [0.2, 0.25) is 11.9 Å². The number of aromatic nitrogens is 2. The predicted molar refractivity (Wildman–Crippen MR) is 170 cm³/mol. The molecule has 234 valence electrons. The highest BCUT2D eigenvalue weighted by Gasteiger charge is 2.53. The van der Waals surface area contributed by atoms with Crippen LogP contribution in [0.1, 0.15) is 79.2 Å². The van der Waals surface area contributed by atoms with Gasteiger partial charge in [0.05, 0.1) is 24.4 Å². The number of benzene rings is 1. The number of hydrogen-bond acceptors (Lipinski definition) is 9. The molecule has 10 heteroatoms. The number of rotatable bonds is 1. The number of anilines is 4. The lowest BCUT2D eigenvalue weighted by Crippen LogP contribution is -2.67. The van der Waals surface area contributed by atoms with E-state index in [9.17, 15) is 9.90 Å². The molecule has 5 heterocycles. The van der Waals surface area contributed by atoms with Crippen LogP contribution in [0.25, 0.3) is 0 Å². The zero-order chi connectivity index (χ0) is 31.1. The SMILES string of the molecule is COc1cc2ccc1Nc1ncc3c(n1)N(CC(C)(C)C(=O)N3C)C1CCC(C1)C1(C)CC(CC(C)(C)N1C)NC2(C)O. The average molecular weight is 592 g/mol. The van der Waals surface area contributed by atoms with E-state index in [1.807, 2.05) is 46.0 Å². The number of nitrogens with one attached hydrogen (secondary N) is 2. The van der Waals surface area contributed by atoms with E-state index < -0.39 is 11.1 Å². The van der Waals surface area contributed by atoms with E-state index in [0.29, 0.717) is 29.8 Å². The van der Waals surface area contributed by atoms with Crippen LogP contribution < -0.4 is 25.2 Å². The Kier molecular flexibility index (Phi) is 7.02. The standard InChI is InChI=1S/C33H49N7O3/c1-30(2)19-40-23-12-10-20(14-23)32(5)17-22(16-31(3,4)39(32)8)37-33(6,42)21-11-13-24(26(15-21)43-9)35-29-34-18-25(27(40)36-29)38(7)28(30)41/h11,13,15,18,20,22-23,37,42H,10,12,14,16-17,19H2,1-9H3,(H,34,35,36). The Morgan fingerprint density at radius 1 is 1.07 bits per heavy atom. The van der Waals surface area contributed by atoms with E-state index in [-0.39, 0.29) is 29.1 Å². The molecule has 5 atom stereocenters. The summed E-state index contributed by atoms with van der Waals surface area (Å²) in [5.74, 6) is 2.31. The van der Waals surface area contributed by atoms with Gasteiger partial charge in [0, 0.05) is 42.3 Å². The van der Waals surface area contributed by atoms with Gasteiger partial charge in [0.25, 0.3) is 0 Å². The highest BCUT2D eigenvalue weighted by atomic mass is 16.5. The molecule has 43 heavy (non-hydrogen) atoms. The number of carbonyl (C=O) groups is 1. The molecule has 8 bridgehead atoms. The van der Waals surface area contributed by atoms with Crippen LogP contribution in [0.3, 0.4) is 0 Å². The van der Waals surface area contributed by atoms with Gasteiger partial charge in [0.15, 0.2) is 5.82 Å². The van der Waals surface area contributed by atoms with Gasteiger partial charge >= 0.3 is 0 Å². The van der Waals surface area contributed by atoms with Crippen molar-refractivity contribution < 1.29 is 14.6 Å². The summed E-state index contributed by atoms with van der Waals surface area (Å²) in [6.45, 7) is 13.5. The van der Waals surface area contributed by atoms with Crippen molar-refractivity contribution in [1.29, 1.82) is 0 Å². The van der Waals surface area contributed by atoms with Crippen LogP contribution in [-0.4, -0.2) is 76.8 Å². The average Bonchev–Trinajstić information content (AvgIpc) is 3.42. The first-order chi connectivity index (χ1) is 20.1. The zero-order valence-corrected chi connectivity index (χ0v) is 27.3.